The molecular weight excluding hydrogens is 249 g/mol. The van der Waals surface area contributed by atoms with E-state index >= 15 is 0 Å². The van der Waals surface area contributed by atoms with Crippen molar-refractivity contribution >= 4 is 0 Å². The second-order valence-corrected chi connectivity index (χ2v) is 4.22. The van der Waals surface area contributed by atoms with E-state index < -0.39 is 18.3 Å². The van der Waals surface area contributed by atoms with Crippen LogP contribution in [0.4, 0.5) is 13.2 Å². The van der Waals surface area contributed by atoms with E-state index in [4.69, 9.17) is 15.2 Å². The van der Waals surface area contributed by atoms with Crippen molar-refractivity contribution in [1.29, 1.82) is 0 Å². The standard InChI is InChI=1S/C11H23F3N2O2/c1-9(15)10(11(12,13)14)16(6-8-18-3)5-4-7-17-2/h9-10H,4-8,15H2,1-3H3. The van der Waals surface area contributed by atoms with Crippen molar-refractivity contribution in [2.75, 3.05) is 40.5 Å². The monoisotopic (exact) mass is 272 g/mol. The Hall–Kier alpha value is -0.370. The van der Waals surface area contributed by atoms with Gasteiger partial charge < -0.3 is 15.2 Å². The van der Waals surface area contributed by atoms with E-state index in [1.54, 1.807) is 0 Å². The Labute approximate surface area is 106 Å². The molecule has 0 aromatic carbocycles. The van der Waals surface area contributed by atoms with Gasteiger partial charge in [-0.15, -0.1) is 0 Å². The molecule has 0 saturated carbocycles. The molecule has 0 heterocycles. The number of nitrogens with zero attached hydrogens (tertiary/aromatic N) is 1. The maximum Gasteiger partial charge on any atom is 0.405 e. The van der Waals surface area contributed by atoms with Crippen LogP contribution >= 0.6 is 0 Å². The van der Waals surface area contributed by atoms with Crippen molar-refractivity contribution in [3.8, 4) is 0 Å². The van der Waals surface area contributed by atoms with Crippen LogP contribution < -0.4 is 5.73 Å². The topological polar surface area (TPSA) is 47.7 Å². The van der Waals surface area contributed by atoms with Gasteiger partial charge in [0.15, 0.2) is 0 Å². The van der Waals surface area contributed by atoms with E-state index in [0.29, 0.717) is 13.0 Å². The lowest BCUT2D eigenvalue weighted by molar-refractivity contribution is -0.189. The van der Waals surface area contributed by atoms with Crippen LogP contribution in [0.5, 0.6) is 0 Å². The number of halogens is 3. The predicted octanol–water partition coefficient (Wildman–Crippen LogP) is 1.25. The molecule has 0 amide bonds. The Kier molecular flexibility index (Phi) is 8.51. The summed E-state index contributed by atoms with van der Waals surface area (Å²) in [6.45, 7) is 2.52. The van der Waals surface area contributed by atoms with E-state index in [2.05, 4.69) is 0 Å². The Morgan fingerprint density at radius 1 is 1.11 bits per heavy atom. The van der Waals surface area contributed by atoms with Crippen LogP contribution in [0.1, 0.15) is 13.3 Å². The van der Waals surface area contributed by atoms with Crippen molar-refractivity contribution in [3.05, 3.63) is 0 Å². The summed E-state index contributed by atoms with van der Waals surface area (Å²) in [6, 6.07) is -2.63. The molecule has 2 unspecified atom stereocenters. The summed E-state index contributed by atoms with van der Waals surface area (Å²) in [6.07, 6.45) is -3.81. The first kappa shape index (κ1) is 17.6. The number of methoxy groups -OCH3 is 2. The average molecular weight is 272 g/mol. The van der Waals surface area contributed by atoms with Gasteiger partial charge in [0.05, 0.1) is 6.61 Å². The lowest BCUT2D eigenvalue weighted by atomic mass is 10.1. The molecule has 4 nitrogen and oxygen atoms in total. The molecule has 0 aliphatic rings. The van der Waals surface area contributed by atoms with Crippen LogP contribution in [0, 0.1) is 0 Å². The summed E-state index contributed by atoms with van der Waals surface area (Å²) in [5.74, 6) is 0. The van der Waals surface area contributed by atoms with Gasteiger partial charge in [-0.2, -0.15) is 13.2 Å². The largest absolute Gasteiger partial charge is 0.405 e. The summed E-state index contributed by atoms with van der Waals surface area (Å²) in [5.41, 5.74) is 5.47. The van der Waals surface area contributed by atoms with E-state index in [1.165, 1.54) is 26.0 Å². The Balaban J connectivity index is 4.64. The smallest absolute Gasteiger partial charge is 0.385 e. The third kappa shape index (κ3) is 6.53. The van der Waals surface area contributed by atoms with Gasteiger partial charge in [-0.1, -0.05) is 0 Å². The lowest BCUT2D eigenvalue weighted by Gasteiger charge is -2.35. The lowest BCUT2D eigenvalue weighted by Crippen LogP contribution is -2.56. The second-order valence-electron chi connectivity index (χ2n) is 4.22. The summed E-state index contributed by atoms with van der Waals surface area (Å²) in [7, 11) is 2.98. The van der Waals surface area contributed by atoms with Crippen LogP contribution in [0.15, 0.2) is 0 Å². The highest BCUT2D eigenvalue weighted by atomic mass is 19.4. The maximum atomic E-state index is 13.0. The molecule has 0 aromatic rings. The van der Waals surface area contributed by atoms with E-state index in [-0.39, 0.29) is 19.7 Å². The Morgan fingerprint density at radius 3 is 2.06 bits per heavy atom. The number of hydrogen-bond acceptors (Lipinski definition) is 4. The Morgan fingerprint density at radius 2 is 1.67 bits per heavy atom. The van der Waals surface area contributed by atoms with Gasteiger partial charge in [0, 0.05) is 40.0 Å². The minimum Gasteiger partial charge on any atom is -0.385 e. The first-order valence-electron chi connectivity index (χ1n) is 5.88. The fourth-order valence-electron chi connectivity index (χ4n) is 1.85. The molecule has 0 radical (unpaired) electrons. The highest BCUT2D eigenvalue weighted by molar-refractivity contribution is 4.85. The van der Waals surface area contributed by atoms with Gasteiger partial charge in [-0.05, 0) is 13.3 Å². The minimum atomic E-state index is -4.34. The third-order valence-corrected chi connectivity index (χ3v) is 2.60. The summed E-state index contributed by atoms with van der Waals surface area (Å²) in [5, 5.41) is 0. The summed E-state index contributed by atoms with van der Waals surface area (Å²) in [4.78, 5) is 1.31. The number of alkyl halides is 3. The normalized spacial score (nSPS) is 16.0. The van der Waals surface area contributed by atoms with Crippen LogP contribution in [0.3, 0.4) is 0 Å². The van der Waals surface area contributed by atoms with Crippen LogP contribution in [0.2, 0.25) is 0 Å². The molecular formula is C11H23F3N2O2. The summed E-state index contributed by atoms with van der Waals surface area (Å²) < 4.78 is 48.6. The van der Waals surface area contributed by atoms with Crippen molar-refractivity contribution in [1.82, 2.24) is 4.90 Å². The molecule has 18 heavy (non-hydrogen) atoms. The molecule has 2 N–H and O–H groups in total. The molecule has 0 bridgehead atoms. The SMILES string of the molecule is COCCCN(CCOC)C(C(C)N)C(F)(F)F. The van der Waals surface area contributed by atoms with E-state index in [0.717, 1.165) is 0 Å². The molecule has 0 spiro atoms. The minimum absolute atomic E-state index is 0.200. The molecule has 2 atom stereocenters. The van der Waals surface area contributed by atoms with Crippen molar-refractivity contribution in [2.24, 2.45) is 5.73 Å². The zero-order valence-electron chi connectivity index (χ0n) is 11.2. The first-order valence-corrected chi connectivity index (χ1v) is 5.88. The zero-order valence-corrected chi connectivity index (χ0v) is 11.2. The predicted molar refractivity (Wildman–Crippen MR) is 63.4 cm³/mol. The van der Waals surface area contributed by atoms with Crippen LogP contribution in [-0.2, 0) is 9.47 Å². The number of rotatable bonds is 9. The maximum absolute atomic E-state index is 13.0. The number of nitrogens with two attached hydrogens (primary N) is 1. The number of ether oxygens (including phenoxy) is 2. The third-order valence-electron chi connectivity index (χ3n) is 2.60. The van der Waals surface area contributed by atoms with E-state index in [9.17, 15) is 13.2 Å². The molecule has 0 rings (SSSR count). The molecule has 110 valence electrons. The quantitative estimate of drug-likeness (QED) is 0.642. The summed E-state index contributed by atoms with van der Waals surface area (Å²) >= 11 is 0. The molecule has 0 aromatic heterocycles. The van der Waals surface area contributed by atoms with E-state index in [1.807, 2.05) is 0 Å². The molecule has 0 aliphatic carbocycles. The van der Waals surface area contributed by atoms with Crippen LogP contribution in [-0.4, -0.2) is 63.7 Å². The van der Waals surface area contributed by atoms with Crippen LogP contribution in [0.25, 0.3) is 0 Å². The molecule has 0 fully saturated rings. The highest BCUT2D eigenvalue weighted by Gasteiger charge is 2.45. The second kappa shape index (κ2) is 8.68. The van der Waals surface area contributed by atoms with Gasteiger partial charge in [0.1, 0.15) is 6.04 Å². The van der Waals surface area contributed by atoms with Gasteiger partial charge in [0.2, 0.25) is 0 Å². The fourth-order valence-corrected chi connectivity index (χ4v) is 1.85. The van der Waals surface area contributed by atoms with Gasteiger partial charge in [-0.25, -0.2) is 0 Å². The van der Waals surface area contributed by atoms with Gasteiger partial charge >= 0.3 is 6.18 Å². The fraction of sp³-hybridized carbons (Fsp3) is 1.00. The molecule has 7 heteroatoms. The average Bonchev–Trinajstić information content (AvgIpc) is 2.23. The van der Waals surface area contributed by atoms with Crippen molar-refractivity contribution in [2.45, 2.75) is 31.6 Å². The first-order chi connectivity index (χ1) is 8.34. The molecule has 0 aliphatic heterocycles. The number of hydrogen-bond donors (Lipinski definition) is 1. The zero-order chi connectivity index (χ0) is 14.2. The van der Waals surface area contributed by atoms with Crippen molar-refractivity contribution < 1.29 is 22.6 Å². The highest BCUT2D eigenvalue weighted by Crippen LogP contribution is 2.26. The van der Waals surface area contributed by atoms with Crippen molar-refractivity contribution in [3.63, 3.8) is 0 Å². The van der Waals surface area contributed by atoms with Gasteiger partial charge in [0.25, 0.3) is 0 Å². The molecule has 0 saturated heterocycles. The Bertz CT molecular complexity index is 213. The van der Waals surface area contributed by atoms with Gasteiger partial charge in [-0.3, -0.25) is 4.90 Å².